The average Bonchev–Trinajstić information content (AvgIpc) is 2.97. The van der Waals surface area contributed by atoms with Gasteiger partial charge in [0.2, 0.25) is 5.91 Å². The lowest BCUT2D eigenvalue weighted by Gasteiger charge is -2.42. The Hall–Kier alpha value is -4.06. The highest BCUT2D eigenvalue weighted by Gasteiger charge is 2.44. The summed E-state index contributed by atoms with van der Waals surface area (Å²) >= 11 is 0. The van der Waals surface area contributed by atoms with Gasteiger partial charge >= 0.3 is 0 Å². The number of amides is 2. The van der Waals surface area contributed by atoms with E-state index in [0.717, 1.165) is 30.4 Å². The zero-order chi connectivity index (χ0) is 26.5. The van der Waals surface area contributed by atoms with Gasteiger partial charge in [-0.2, -0.15) is 0 Å². The van der Waals surface area contributed by atoms with Gasteiger partial charge in [0, 0.05) is 17.8 Å². The molecule has 0 spiro atoms. The van der Waals surface area contributed by atoms with E-state index in [-0.39, 0.29) is 11.8 Å². The first-order valence-electron chi connectivity index (χ1n) is 13.3. The third-order valence-corrected chi connectivity index (χ3v) is 7.56. The quantitative estimate of drug-likeness (QED) is 0.367. The minimum atomic E-state index is -0.584. The molecule has 38 heavy (non-hydrogen) atoms. The monoisotopic (exact) mass is 510 g/mol. The number of fused-ring (bicyclic) bond motifs is 1. The zero-order valence-corrected chi connectivity index (χ0v) is 22.0. The topological polar surface area (TPSA) is 67.9 Å². The van der Waals surface area contributed by atoms with Gasteiger partial charge in [-0.25, -0.2) is 0 Å². The van der Waals surface area contributed by atoms with Gasteiger partial charge in [0.1, 0.15) is 11.5 Å². The van der Waals surface area contributed by atoms with Crippen LogP contribution in [-0.2, 0) is 4.79 Å². The zero-order valence-electron chi connectivity index (χ0n) is 22.0. The van der Waals surface area contributed by atoms with Gasteiger partial charge in [-0.1, -0.05) is 42.0 Å². The molecule has 0 bridgehead atoms. The van der Waals surface area contributed by atoms with E-state index in [9.17, 15) is 9.59 Å². The van der Waals surface area contributed by atoms with Crippen molar-refractivity contribution in [1.82, 2.24) is 5.32 Å². The Balaban J connectivity index is 1.56. The minimum Gasteiger partial charge on any atom is -0.497 e. The fourth-order valence-corrected chi connectivity index (χ4v) is 5.57. The van der Waals surface area contributed by atoms with E-state index in [0.29, 0.717) is 29.3 Å². The molecule has 0 fully saturated rings. The molecule has 1 heterocycles. The van der Waals surface area contributed by atoms with Gasteiger partial charge in [0.15, 0.2) is 0 Å². The van der Waals surface area contributed by atoms with E-state index in [1.165, 1.54) is 18.4 Å². The van der Waals surface area contributed by atoms with E-state index >= 15 is 0 Å². The molecule has 0 aromatic heterocycles. The summed E-state index contributed by atoms with van der Waals surface area (Å²) in [6.07, 6.45) is 7.86. The number of hydrogen-bond acceptors (Lipinski definition) is 4. The summed E-state index contributed by atoms with van der Waals surface area (Å²) in [5, 5.41) is 3.21. The summed E-state index contributed by atoms with van der Waals surface area (Å²) in [5.74, 6) is 0.614. The van der Waals surface area contributed by atoms with Gasteiger partial charge < -0.3 is 14.8 Å². The van der Waals surface area contributed by atoms with Crippen molar-refractivity contribution < 1.29 is 19.1 Å². The number of methoxy groups -OCH3 is 2. The Kier molecular flexibility index (Phi) is 7.78. The first-order valence-corrected chi connectivity index (χ1v) is 13.3. The van der Waals surface area contributed by atoms with Crippen LogP contribution in [-0.4, -0.2) is 32.6 Å². The van der Waals surface area contributed by atoms with Crippen LogP contribution in [0.25, 0.3) is 0 Å². The van der Waals surface area contributed by atoms with Gasteiger partial charge in [0.05, 0.1) is 26.2 Å². The Labute approximate surface area is 224 Å². The maximum atomic E-state index is 14.0. The molecule has 0 unspecified atom stereocenters. The van der Waals surface area contributed by atoms with E-state index in [1.807, 2.05) is 72.8 Å². The van der Waals surface area contributed by atoms with Crippen LogP contribution in [0.1, 0.15) is 65.5 Å². The summed E-state index contributed by atoms with van der Waals surface area (Å²) < 4.78 is 10.7. The third-order valence-electron chi connectivity index (χ3n) is 7.56. The van der Waals surface area contributed by atoms with Crippen molar-refractivity contribution in [3.8, 4) is 11.5 Å². The number of nitrogens with one attached hydrogen (secondary N) is 1. The van der Waals surface area contributed by atoms with Crippen molar-refractivity contribution in [3.63, 3.8) is 0 Å². The van der Waals surface area contributed by atoms with Crippen LogP contribution in [0.4, 0.5) is 5.69 Å². The molecule has 0 saturated carbocycles. The Morgan fingerprint density at radius 1 is 0.921 bits per heavy atom. The smallest absolute Gasteiger partial charge is 0.259 e. The Morgan fingerprint density at radius 2 is 1.61 bits per heavy atom. The van der Waals surface area contributed by atoms with Crippen LogP contribution >= 0.6 is 0 Å². The molecule has 3 aromatic carbocycles. The number of benzene rings is 3. The predicted molar refractivity (Wildman–Crippen MR) is 149 cm³/mol. The second kappa shape index (κ2) is 11.5. The molecule has 0 radical (unpaired) electrons. The molecule has 6 heteroatoms. The maximum Gasteiger partial charge on any atom is 0.259 e. The summed E-state index contributed by atoms with van der Waals surface area (Å²) in [6.45, 7) is 0.579. The van der Waals surface area contributed by atoms with Crippen molar-refractivity contribution in [1.29, 1.82) is 0 Å². The normalized spacial score (nSPS) is 18.8. The van der Waals surface area contributed by atoms with Crippen LogP contribution in [0, 0.1) is 0 Å². The number of carbonyl (C=O) groups is 2. The molecule has 2 aliphatic rings. The summed E-state index contributed by atoms with van der Waals surface area (Å²) in [7, 11) is 3.23. The lowest BCUT2D eigenvalue weighted by molar-refractivity contribution is -0.123. The fourth-order valence-electron chi connectivity index (χ4n) is 5.57. The average molecular weight is 511 g/mol. The van der Waals surface area contributed by atoms with Crippen LogP contribution < -0.4 is 19.7 Å². The van der Waals surface area contributed by atoms with Crippen molar-refractivity contribution >= 4 is 17.5 Å². The van der Waals surface area contributed by atoms with Gasteiger partial charge in [-0.05, 0) is 85.7 Å². The van der Waals surface area contributed by atoms with Crippen molar-refractivity contribution in [2.45, 2.75) is 44.1 Å². The van der Waals surface area contributed by atoms with Gasteiger partial charge in [-0.3, -0.25) is 14.5 Å². The first-order chi connectivity index (χ1) is 18.6. The maximum absolute atomic E-state index is 14.0. The number of anilines is 1. The first kappa shape index (κ1) is 25.6. The number of allylic oxidation sites excluding steroid dienone is 1. The molecule has 3 aromatic rings. The fraction of sp³-hybridized carbons (Fsp3) is 0.312. The van der Waals surface area contributed by atoms with Gasteiger partial charge in [-0.15, -0.1) is 0 Å². The lowest BCUT2D eigenvalue weighted by Crippen LogP contribution is -2.47. The van der Waals surface area contributed by atoms with E-state index in [1.54, 1.807) is 19.1 Å². The second-order valence-corrected chi connectivity index (χ2v) is 9.81. The SMILES string of the molecule is COc1ccc([C@@H]2[C@H](C(=O)NCCC3=CCCCC3)c3ccccc3C(=O)N2c2ccc(OC)cc2)cc1. The second-order valence-electron chi connectivity index (χ2n) is 9.81. The highest BCUT2D eigenvalue weighted by Crippen LogP contribution is 2.45. The van der Waals surface area contributed by atoms with Crippen molar-refractivity contribution in [2.75, 3.05) is 25.7 Å². The van der Waals surface area contributed by atoms with Gasteiger partial charge in [0.25, 0.3) is 5.91 Å². The Morgan fingerprint density at radius 3 is 2.26 bits per heavy atom. The third kappa shape index (κ3) is 5.17. The van der Waals surface area contributed by atoms with Crippen LogP contribution in [0.2, 0.25) is 0 Å². The molecular weight excluding hydrogens is 476 g/mol. The van der Waals surface area contributed by atoms with Crippen LogP contribution in [0.5, 0.6) is 11.5 Å². The molecule has 5 rings (SSSR count). The standard InChI is InChI=1S/C32H34N2O4/c1-37-25-16-12-23(13-17-25)30-29(31(35)33-21-20-22-8-4-3-5-9-22)27-10-6-7-11-28(27)32(36)34(30)24-14-18-26(38-2)19-15-24/h6-8,10-19,29-30H,3-5,9,20-21H2,1-2H3,(H,33,35)/t29-,30-/m1/s1. The molecule has 6 nitrogen and oxygen atoms in total. The van der Waals surface area contributed by atoms with Crippen LogP contribution in [0.15, 0.2) is 84.4 Å². The number of nitrogens with zero attached hydrogens (tertiary/aromatic N) is 1. The Bertz CT molecular complexity index is 1310. The number of ether oxygens (including phenoxy) is 2. The molecule has 1 aliphatic heterocycles. The van der Waals surface area contributed by atoms with Crippen LogP contribution in [0.3, 0.4) is 0 Å². The number of carbonyl (C=O) groups excluding carboxylic acids is 2. The predicted octanol–water partition coefficient (Wildman–Crippen LogP) is 6.20. The molecule has 1 N–H and O–H groups in total. The van der Waals surface area contributed by atoms with Crippen molar-refractivity contribution in [3.05, 3.63) is 101 Å². The molecule has 1 aliphatic carbocycles. The molecule has 2 atom stereocenters. The molecule has 0 saturated heterocycles. The lowest BCUT2D eigenvalue weighted by atomic mass is 9.78. The number of hydrogen-bond donors (Lipinski definition) is 1. The minimum absolute atomic E-state index is 0.0827. The summed E-state index contributed by atoms with van der Waals surface area (Å²) in [6, 6.07) is 21.9. The van der Waals surface area contributed by atoms with Crippen molar-refractivity contribution in [2.24, 2.45) is 0 Å². The summed E-state index contributed by atoms with van der Waals surface area (Å²) in [5.41, 5.74) is 4.28. The highest BCUT2D eigenvalue weighted by molar-refractivity contribution is 6.11. The molecular formula is C32H34N2O4. The van der Waals surface area contributed by atoms with E-state index < -0.39 is 12.0 Å². The molecule has 2 amide bonds. The molecule has 196 valence electrons. The number of rotatable bonds is 8. The summed E-state index contributed by atoms with van der Waals surface area (Å²) in [4.78, 5) is 29.7. The largest absolute Gasteiger partial charge is 0.497 e. The van der Waals surface area contributed by atoms with E-state index in [2.05, 4.69) is 11.4 Å². The van der Waals surface area contributed by atoms with E-state index in [4.69, 9.17) is 9.47 Å². The highest BCUT2D eigenvalue weighted by atomic mass is 16.5.